The minimum atomic E-state index is -0.134. The normalized spacial score (nSPS) is 14.1. The van der Waals surface area contributed by atoms with Crippen molar-refractivity contribution >= 4 is 40.1 Å². The largest absolute Gasteiger partial charge is 0.351 e. The summed E-state index contributed by atoms with van der Waals surface area (Å²) in [6.45, 7) is 1.09. The Hall–Kier alpha value is -1.34. The number of carbonyl (C=O) groups is 2. The lowest BCUT2D eigenvalue weighted by Crippen LogP contribution is -2.32. The van der Waals surface area contributed by atoms with Crippen LogP contribution >= 0.6 is 23.1 Å². The molecule has 1 aliphatic heterocycles. The van der Waals surface area contributed by atoms with Gasteiger partial charge in [-0.15, -0.1) is 11.3 Å². The third-order valence-corrected chi connectivity index (χ3v) is 3.97. The van der Waals surface area contributed by atoms with Crippen LogP contribution in [0.1, 0.15) is 16.1 Å². The van der Waals surface area contributed by atoms with Gasteiger partial charge in [-0.1, -0.05) is 17.8 Å². The molecule has 2 heterocycles. The fourth-order valence-corrected chi connectivity index (χ4v) is 2.76. The lowest BCUT2D eigenvalue weighted by molar-refractivity contribution is -0.119. The van der Waals surface area contributed by atoms with E-state index in [-0.39, 0.29) is 18.2 Å². The van der Waals surface area contributed by atoms with Gasteiger partial charge in [0.15, 0.2) is 5.17 Å². The third kappa shape index (κ3) is 3.85. The van der Waals surface area contributed by atoms with Crippen molar-refractivity contribution in [3.05, 3.63) is 22.4 Å². The molecule has 1 aromatic rings. The van der Waals surface area contributed by atoms with E-state index in [1.54, 1.807) is 17.8 Å². The summed E-state index contributed by atoms with van der Waals surface area (Å²) < 4.78 is 0. The summed E-state index contributed by atoms with van der Waals surface area (Å²) in [6, 6.07) is 3.58. The van der Waals surface area contributed by atoms with Crippen LogP contribution in [0.25, 0.3) is 0 Å². The molecule has 7 heteroatoms. The van der Waals surface area contributed by atoms with Crippen LogP contribution in [-0.2, 0) is 4.79 Å². The Bertz CT molecular complexity index is 457. The second-order valence-corrected chi connectivity index (χ2v) is 5.60. The molecule has 0 bridgehead atoms. The van der Waals surface area contributed by atoms with Gasteiger partial charge in [0.25, 0.3) is 5.91 Å². The number of nitrogens with one attached hydrogen (secondary N) is 2. The molecule has 2 amide bonds. The van der Waals surface area contributed by atoms with Crippen LogP contribution < -0.4 is 10.6 Å². The number of rotatable bonds is 4. The Morgan fingerprint density at radius 3 is 3.00 bits per heavy atom. The summed E-state index contributed by atoms with van der Waals surface area (Å²) in [4.78, 5) is 27.9. The topological polar surface area (TPSA) is 70.6 Å². The van der Waals surface area contributed by atoms with Gasteiger partial charge in [0, 0.05) is 18.7 Å². The van der Waals surface area contributed by atoms with Gasteiger partial charge < -0.3 is 10.6 Å². The second kappa shape index (κ2) is 6.55. The molecule has 96 valence electrons. The minimum Gasteiger partial charge on any atom is -0.351 e. The van der Waals surface area contributed by atoms with Gasteiger partial charge in [0.2, 0.25) is 5.91 Å². The number of aliphatic imine (C=N–C) groups is 1. The van der Waals surface area contributed by atoms with Crippen molar-refractivity contribution in [2.45, 2.75) is 6.42 Å². The van der Waals surface area contributed by atoms with E-state index in [9.17, 15) is 9.59 Å². The molecule has 0 spiro atoms. The Morgan fingerprint density at radius 1 is 1.44 bits per heavy atom. The van der Waals surface area contributed by atoms with Gasteiger partial charge in [0.05, 0.1) is 11.4 Å². The van der Waals surface area contributed by atoms with E-state index in [1.165, 1.54) is 11.3 Å². The van der Waals surface area contributed by atoms with Crippen molar-refractivity contribution in [1.29, 1.82) is 0 Å². The van der Waals surface area contributed by atoms with Crippen molar-refractivity contribution < 1.29 is 9.59 Å². The molecule has 1 aromatic heterocycles. The molecule has 0 aliphatic carbocycles. The Labute approximate surface area is 113 Å². The predicted molar refractivity (Wildman–Crippen MR) is 74.2 cm³/mol. The van der Waals surface area contributed by atoms with E-state index in [0.717, 1.165) is 12.3 Å². The molecule has 5 nitrogen and oxygen atoms in total. The number of nitrogens with zero attached hydrogens (tertiary/aromatic N) is 1. The lowest BCUT2D eigenvalue weighted by atomic mass is 10.4. The maximum atomic E-state index is 11.6. The fraction of sp³-hybridized carbons (Fsp3) is 0.364. The number of amides is 2. The second-order valence-electron chi connectivity index (χ2n) is 3.57. The average molecular weight is 283 g/mol. The third-order valence-electron chi connectivity index (χ3n) is 2.21. The van der Waals surface area contributed by atoms with Crippen LogP contribution in [0, 0.1) is 0 Å². The molecule has 2 N–H and O–H groups in total. The molecule has 0 saturated carbocycles. The first kappa shape index (κ1) is 13.1. The van der Waals surface area contributed by atoms with Crippen molar-refractivity contribution in [3.63, 3.8) is 0 Å². The number of thioether (sulfide) groups is 1. The molecule has 0 atom stereocenters. The minimum absolute atomic E-state index is 0.116. The molecule has 1 aliphatic rings. The van der Waals surface area contributed by atoms with E-state index in [0.29, 0.717) is 16.6 Å². The first-order chi connectivity index (χ1) is 8.75. The number of hydrogen-bond acceptors (Lipinski definition) is 5. The molecule has 0 radical (unpaired) electrons. The van der Waals surface area contributed by atoms with Gasteiger partial charge in [-0.2, -0.15) is 0 Å². The smallest absolute Gasteiger partial charge is 0.261 e. The molecule has 18 heavy (non-hydrogen) atoms. The summed E-state index contributed by atoms with van der Waals surface area (Å²) in [5.74, 6) is 0.671. The maximum absolute atomic E-state index is 11.6. The van der Waals surface area contributed by atoms with E-state index in [1.807, 2.05) is 11.4 Å². The standard InChI is InChI=1S/C11H13N3O2S2/c15-9(14-11-13-5-7-18-11)3-4-12-10(16)8-2-1-6-17-8/h1-2,6H,3-5,7H2,(H,12,16)(H,13,14,15). The van der Waals surface area contributed by atoms with E-state index >= 15 is 0 Å². The number of hydrogen-bond donors (Lipinski definition) is 2. The Morgan fingerprint density at radius 2 is 2.33 bits per heavy atom. The van der Waals surface area contributed by atoms with Gasteiger partial charge in [-0.3, -0.25) is 14.6 Å². The van der Waals surface area contributed by atoms with E-state index < -0.39 is 0 Å². The monoisotopic (exact) mass is 283 g/mol. The molecular weight excluding hydrogens is 270 g/mol. The molecular formula is C11H13N3O2S2. The molecule has 0 aromatic carbocycles. The zero-order valence-electron chi connectivity index (χ0n) is 9.64. The summed E-state index contributed by atoms with van der Waals surface area (Å²) in [5, 5.41) is 7.95. The SMILES string of the molecule is O=C(CCNC(=O)c1cccs1)NC1=NCCS1. The van der Waals surface area contributed by atoms with Crippen LogP contribution in [0.5, 0.6) is 0 Å². The lowest BCUT2D eigenvalue weighted by Gasteiger charge is -2.05. The van der Waals surface area contributed by atoms with E-state index in [2.05, 4.69) is 15.6 Å². The number of amidine groups is 1. The fourth-order valence-electron chi connectivity index (χ4n) is 1.38. The highest BCUT2D eigenvalue weighted by molar-refractivity contribution is 8.14. The number of carbonyl (C=O) groups excluding carboxylic acids is 2. The highest BCUT2D eigenvalue weighted by Gasteiger charge is 2.11. The van der Waals surface area contributed by atoms with Crippen LogP contribution in [0.4, 0.5) is 0 Å². The maximum Gasteiger partial charge on any atom is 0.261 e. The first-order valence-electron chi connectivity index (χ1n) is 5.54. The highest BCUT2D eigenvalue weighted by Crippen LogP contribution is 2.09. The van der Waals surface area contributed by atoms with Crippen LogP contribution in [-0.4, -0.2) is 35.8 Å². The summed E-state index contributed by atoms with van der Waals surface area (Å²) in [7, 11) is 0. The summed E-state index contributed by atoms with van der Waals surface area (Å²) >= 11 is 2.92. The zero-order valence-corrected chi connectivity index (χ0v) is 11.3. The van der Waals surface area contributed by atoms with Crippen LogP contribution in [0.2, 0.25) is 0 Å². The molecule has 0 unspecified atom stereocenters. The van der Waals surface area contributed by atoms with Crippen molar-refractivity contribution in [2.75, 3.05) is 18.8 Å². The van der Waals surface area contributed by atoms with Crippen LogP contribution in [0.15, 0.2) is 22.5 Å². The molecule has 0 fully saturated rings. The quantitative estimate of drug-likeness (QED) is 0.869. The molecule has 0 saturated heterocycles. The predicted octanol–water partition coefficient (Wildman–Crippen LogP) is 1.09. The van der Waals surface area contributed by atoms with Crippen molar-refractivity contribution in [3.8, 4) is 0 Å². The van der Waals surface area contributed by atoms with Gasteiger partial charge in [-0.25, -0.2) is 0 Å². The van der Waals surface area contributed by atoms with Gasteiger partial charge >= 0.3 is 0 Å². The highest BCUT2D eigenvalue weighted by atomic mass is 32.2. The van der Waals surface area contributed by atoms with Gasteiger partial charge in [0.1, 0.15) is 0 Å². The Balaban J connectivity index is 1.66. The summed E-state index contributed by atoms with van der Waals surface area (Å²) in [5.41, 5.74) is 0. The van der Waals surface area contributed by atoms with Crippen molar-refractivity contribution in [2.24, 2.45) is 4.99 Å². The van der Waals surface area contributed by atoms with Gasteiger partial charge in [-0.05, 0) is 11.4 Å². The zero-order chi connectivity index (χ0) is 12.8. The van der Waals surface area contributed by atoms with Crippen LogP contribution in [0.3, 0.4) is 0 Å². The van der Waals surface area contributed by atoms with E-state index in [4.69, 9.17) is 0 Å². The first-order valence-corrected chi connectivity index (χ1v) is 7.41. The van der Waals surface area contributed by atoms with Crippen molar-refractivity contribution in [1.82, 2.24) is 10.6 Å². The Kier molecular flexibility index (Phi) is 4.77. The summed E-state index contributed by atoms with van der Waals surface area (Å²) in [6.07, 6.45) is 0.261. The average Bonchev–Trinajstić information content (AvgIpc) is 3.00. The number of thiophene rings is 1. The molecule has 2 rings (SSSR count).